The third kappa shape index (κ3) is 7.79. The van der Waals surface area contributed by atoms with E-state index in [1.54, 1.807) is 4.90 Å². The van der Waals surface area contributed by atoms with E-state index in [2.05, 4.69) is 10.2 Å². The van der Waals surface area contributed by atoms with Gasteiger partial charge in [0.05, 0.1) is 0 Å². The third-order valence-corrected chi connectivity index (χ3v) is 3.56. The highest BCUT2D eigenvalue weighted by molar-refractivity contribution is 5.96. The molecule has 0 saturated heterocycles. The molecule has 128 valence electrons. The maximum atomic E-state index is 12.4. The number of nitrogens with one attached hydrogen (secondary N) is 1. The Bertz CT molecular complexity index is 486. The van der Waals surface area contributed by atoms with Gasteiger partial charge < -0.3 is 15.1 Å². The van der Waals surface area contributed by atoms with Crippen LogP contribution in [0, 0.1) is 0 Å². The molecule has 0 unspecified atom stereocenters. The highest BCUT2D eigenvalue weighted by atomic mass is 16.2. The van der Waals surface area contributed by atoms with Crippen LogP contribution in [-0.2, 0) is 16.1 Å². The molecule has 1 rings (SSSR count). The Balaban J connectivity index is 2.46. The second-order valence-corrected chi connectivity index (χ2v) is 6.28. The van der Waals surface area contributed by atoms with E-state index >= 15 is 0 Å². The number of rotatable bonds is 9. The second kappa shape index (κ2) is 10.0. The monoisotopic (exact) mass is 319 g/mol. The van der Waals surface area contributed by atoms with Crippen molar-refractivity contribution in [2.24, 2.45) is 0 Å². The van der Waals surface area contributed by atoms with Gasteiger partial charge in [-0.2, -0.15) is 0 Å². The van der Waals surface area contributed by atoms with Gasteiger partial charge in [0.2, 0.25) is 11.8 Å². The minimum absolute atomic E-state index is 0.0595. The number of hydrogen-bond donors (Lipinski definition) is 1. The van der Waals surface area contributed by atoms with Gasteiger partial charge in [0.1, 0.15) is 6.42 Å². The van der Waals surface area contributed by atoms with Crippen LogP contribution in [0.15, 0.2) is 30.3 Å². The molecule has 0 bridgehead atoms. The molecule has 0 aromatic heterocycles. The average Bonchev–Trinajstić information content (AvgIpc) is 2.49. The van der Waals surface area contributed by atoms with E-state index in [0.29, 0.717) is 13.1 Å². The van der Waals surface area contributed by atoms with Crippen LogP contribution in [0.2, 0.25) is 0 Å². The molecule has 0 fully saturated rings. The molecule has 23 heavy (non-hydrogen) atoms. The highest BCUT2D eigenvalue weighted by Gasteiger charge is 2.19. The number of amides is 2. The number of benzene rings is 1. The molecule has 1 aromatic carbocycles. The van der Waals surface area contributed by atoms with Gasteiger partial charge in [-0.1, -0.05) is 30.3 Å². The number of nitrogens with zero attached hydrogens (tertiary/aromatic N) is 2. The second-order valence-electron chi connectivity index (χ2n) is 6.28. The Hall–Kier alpha value is -1.88. The molecule has 0 atom stereocenters. The Labute approximate surface area is 139 Å². The van der Waals surface area contributed by atoms with Crippen molar-refractivity contribution in [2.45, 2.75) is 39.3 Å². The van der Waals surface area contributed by atoms with Crippen molar-refractivity contribution in [2.75, 3.05) is 27.2 Å². The van der Waals surface area contributed by atoms with E-state index in [1.165, 1.54) is 0 Å². The molecular weight excluding hydrogens is 290 g/mol. The van der Waals surface area contributed by atoms with Crippen molar-refractivity contribution >= 4 is 11.8 Å². The van der Waals surface area contributed by atoms with Crippen molar-refractivity contribution in [3.63, 3.8) is 0 Å². The highest BCUT2D eigenvalue weighted by Crippen LogP contribution is 2.10. The smallest absolute Gasteiger partial charge is 0.232 e. The zero-order valence-electron chi connectivity index (χ0n) is 14.7. The van der Waals surface area contributed by atoms with Crippen LogP contribution in [0.1, 0.15) is 32.3 Å². The van der Waals surface area contributed by atoms with E-state index in [1.807, 2.05) is 58.3 Å². The lowest BCUT2D eigenvalue weighted by atomic mass is 10.1. The van der Waals surface area contributed by atoms with E-state index in [9.17, 15) is 9.59 Å². The van der Waals surface area contributed by atoms with E-state index in [-0.39, 0.29) is 24.3 Å². The first kappa shape index (κ1) is 19.2. The molecule has 2 amide bonds. The first-order valence-electron chi connectivity index (χ1n) is 8.15. The lowest BCUT2D eigenvalue weighted by Crippen LogP contribution is -2.39. The fraction of sp³-hybridized carbons (Fsp3) is 0.556. The van der Waals surface area contributed by atoms with Gasteiger partial charge in [0.25, 0.3) is 0 Å². The first-order chi connectivity index (χ1) is 10.9. The average molecular weight is 319 g/mol. The molecule has 5 nitrogen and oxygen atoms in total. The third-order valence-electron chi connectivity index (χ3n) is 3.56. The standard InChI is InChI=1S/C18H29N3O2/c1-15(2)21(14-16-9-6-5-7-10-16)18(23)13-17(22)19-11-8-12-20(3)4/h5-7,9-10,15H,8,11-14H2,1-4H3,(H,19,22). The minimum Gasteiger partial charge on any atom is -0.356 e. The lowest BCUT2D eigenvalue weighted by Gasteiger charge is -2.26. The normalized spacial score (nSPS) is 10.9. The van der Waals surface area contributed by atoms with Gasteiger partial charge in [-0.05, 0) is 46.5 Å². The summed E-state index contributed by atoms with van der Waals surface area (Å²) in [6.45, 7) is 5.99. The summed E-state index contributed by atoms with van der Waals surface area (Å²) in [6, 6.07) is 9.90. The Kier molecular flexibility index (Phi) is 8.33. The summed E-state index contributed by atoms with van der Waals surface area (Å²) in [4.78, 5) is 28.1. The summed E-state index contributed by atoms with van der Waals surface area (Å²) in [7, 11) is 3.99. The minimum atomic E-state index is -0.201. The maximum absolute atomic E-state index is 12.4. The lowest BCUT2D eigenvalue weighted by molar-refractivity contribution is -0.137. The molecule has 0 aliphatic heterocycles. The van der Waals surface area contributed by atoms with Gasteiger partial charge in [0, 0.05) is 19.1 Å². The largest absolute Gasteiger partial charge is 0.356 e. The molecule has 1 aromatic rings. The molecule has 0 heterocycles. The first-order valence-corrected chi connectivity index (χ1v) is 8.15. The molecule has 0 aliphatic rings. The SMILES string of the molecule is CC(C)N(Cc1ccccc1)C(=O)CC(=O)NCCCN(C)C. The number of carbonyl (C=O) groups excluding carboxylic acids is 2. The van der Waals surface area contributed by atoms with E-state index < -0.39 is 0 Å². The van der Waals surface area contributed by atoms with Gasteiger partial charge in [-0.25, -0.2) is 0 Å². The van der Waals surface area contributed by atoms with Crippen LogP contribution in [-0.4, -0.2) is 54.8 Å². The van der Waals surface area contributed by atoms with Crippen molar-refractivity contribution < 1.29 is 9.59 Å². The Morgan fingerprint density at radius 3 is 2.35 bits per heavy atom. The van der Waals surface area contributed by atoms with Crippen LogP contribution in [0.3, 0.4) is 0 Å². The molecule has 0 radical (unpaired) electrons. The van der Waals surface area contributed by atoms with Crippen LogP contribution in [0.5, 0.6) is 0 Å². The van der Waals surface area contributed by atoms with E-state index in [0.717, 1.165) is 18.5 Å². The summed E-state index contributed by atoms with van der Waals surface area (Å²) in [5, 5.41) is 2.81. The number of carbonyl (C=O) groups is 2. The summed E-state index contributed by atoms with van der Waals surface area (Å²) >= 11 is 0. The van der Waals surface area contributed by atoms with Crippen molar-refractivity contribution in [1.82, 2.24) is 15.1 Å². The molecule has 0 saturated carbocycles. The quantitative estimate of drug-likeness (QED) is 0.558. The van der Waals surface area contributed by atoms with Crippen molar-refractivity contribution in [1.29, 1.82) is 0 Å². The summed E-state index contributed by atoms with van der Waals surface area (Å²) in [5.41, 5.74) is 1.07. The van der Waals surface area contributed by atoms with Crippen molar-refractivity contribution in [3.8, 4) is 0 Å². The summed E-state index contributed by atoms with van der Waals surface area (Å²) in [5.74, 6) is -0.332. The molecule has 0 spiro atoms. The summed E-state index contributed by atoms with van der Waals surface area (Å²) in [6.07, 6.45) is 0.790. The van der Waals surface area contributed by atoms with Gasteiger partial charge in [0.15, 0.2) is 0 Å². The zero-order chi connectivity index (χ0) is 17.2. The van der Waals surface area contributed by atoms with Crippen molar-refractivity contribution in [3.05, 3.63) is 35.9 Å². The van der Waals surface area contributed by atoms with Gasteiger partial charge in [-0.3, -0.25) is 9.59 Å². The van der Waals surface area contributed by atoms with Crippen LogP contribution in [0.25, 0.3) is 0 Å². The molecule has 1 N–H and O–H groups in total. The van der Waals surface area contributed by atoms with Gasteiger partial charge >= 0.3 is 0 Å². The topological polar surface area (TPSA) is 52.7 Å². The zero-order valence-corrected chi connectivity index (χ0v) is 14.7. The van der Waals surface area contributed by atoms with Crippen LogP contribution >= 0.6 is 0 Å². The summed E-state index contributed by atoms with van der Waals surface area (Å²) < 4.78 is 0. The number of hydrogen-bond acceptors (Lipinski definition) is 3. The molecule has 5 heteroatoms. The van der Waals surface area contributed by atoms with Crippen LogP contribution in [0.4, 0.5) is 0 Å². The molecular formula is C18H29N3O2. The Morgan fingerprint density at radius 2 is 1.78 bits per heavy atom. The predicted octanol–water partition coefficient (Wildman–Crippen LogP) is 1.88. The fourth-order valence-electron chi connectivity index (χ4n) is 2.26. The molecule has 0 aliphatic carbocycles. The van der Waals surface area contributed by atoms with Crippen LogP contribution < -0.4 is 5.32 Å². The maximum Gasteiger partial charge on any atom is 0.232 e. The Morgan fingerprint density at radius 1 is 1.13 bits per heavy atom. The van der Waals surface area contributed by atoms with Gasteiger partial charge in [-0.15, -0.1) is 0 Å². The fourth-order valence-corrected chi connectivity index (χ4v) is 2.26. The predicted molar refractivity (Wildman–Crippen MR) is 92.9 cm³/mol. The van der Waals surface area contributed by atoms with E-state index in [4.69, 9.17) is 0 Å².